The van der Waals surface area contributed by atoms with Crippen molar-refractivity contribution in [2.45, 2.75) is 91.1 Å². The van der Waals surface area contributed by atoms with Crippen molar-refractivity contribution in [3.63, 3.8) is 0 Å². The molecule has 0 saturated carbocycles. The minimum atomic E-state index is -1.54. The van der Waals surface area contributed by atoms with Crippen molar-refractivity contribution < 1.29 is 33.4 Å². The molecule has 1 unspecified atom stereocenters. The molecular weight excluding hydrogens is 584 g/mol. The Bertz CT molecular complexity index is 1630. The number of aldehydes is 1. The third kappa shape index (κ3) is 10.6. The first-order valence-corrected chi connectivity index (χ1v) is 15.1. The maximum absolute atomic E-state index is 13.8. The Hall–Kier alpha value is -4.97. The van der Waals surface area contributed by atoms with E-state index in [9.17, 15) is 24.4 Å². The highest BCUT2D eigenvalue weighted by atomic mass is 16.6. The number of ether oxygens (including phenoxy) is 3. The minimum Gasteiger partial charge on any atom is -0.459 e. The molecule has 3 rings (SSSR count). The van der Waals surface area contributed by atoms with Crippen molar-refractivity contribution in [3.05, 3.63) is 94.5 Å². The zero-order valence-electron chi connectivity index (χ0n) is 27.6. The molecule has 0 fully saturated rings. The fourth-order valence-corrected chi connectivity index (χ4v) is 4.75. The average Bonchev–Trinajstić information content (AvgIpc) is 2.96. The zero-order valence-corrected chi connectivity index (χ0v) is 27.6. The molecule has 3 aromatic rings. The van der Waals surface area contributed by atoms with E-state index in [4.69, 9.17) is 14.2 Å². The molecule has 0 aliphatic carbocycles. The minimum absolute atomic E-state index is 0.0821. The van der Waals surface area contributed by atoms with Gasteiger partial charge in [-0.2, -0.15) is 5.26 Å². The van der Waals surface area contributed by atoms with Crippen LogP contribution in [0.3, 0.4) is 0 Å². The lowest BCUT2D eigenvalue weighted by atomic mass is 9.91. The number of benzene rings is 3. The van der Waals surface area contributed by atoms with E-state index in [1.807, 2.05) is 24.3 Å². The summed E-state index contributed by atoms with van der Waals surface area (Å²) in [6, 6.07) is 21.6. The van der Waals surface area contributed by atoms with Crippen LogP contribution in [0.1, 0.15) is 87.5 Å². The highest BCUT2D eigenvalue weighted by Crippen LogP contribution is 2.28. The quantitative estimate of drug-likeness (QED) is 0.138. The fraction of sp³-hybridized carbons (Fsp3) is 0.378. The zero-order chi connectivity index (χ0) is 34.1. The Morgan fingerprint density at radius 3 is 2.15 bits per heavy atom. The van der Waals surface area contributed by atoms with Crippen LogP contribution in [0.2, 0.25) is 0 Å². The third-order valence-corrected chi connectivity index (χ3v) is 6.68. The van der Waals surface area contributed by atoms with Crippen LogP contribution < -0.4 is 5.32 Å². The van der Waals surface area contributed by atoms with Crippen LogP contribution in [-0.2, 0) is 43.2 Å². The van der Waals surface area contributed by atoms with Crippen LogP contribution in [0.15, 0.2) is 66.7 Å². The van der Waals surface area contributed by atoms with Gasteiger partial charge >= 0.3 is 18.0 Å². The molecule has 1 atom stereocenters. The van der Waals surface area contributed by atoms with Gasteiger partial charge in [-0.05, 0) is 107 Å². The van der Waals surface area contributed by atoms with Gasteiger partial charge in [0.05, 0.1) is 17.2 Å². The Morgan fingerprint density at radius 1 is 0.826 bits per heavy atom. The maximum atomic E-state index is 13.8. The van der Waals surface area contributed by atoms with Crippen LogP contribution in [-0.4, -0.2) is 41.1 Å². The number of carbonyl (C=O) groups excluding carboxylic acids is 4. The molecule has 0 aliphatic heterocycles. The molecule has 0 bridgehead atoms. The number of aryl methyl sites for hydroxylation is 1. The van der Waals surface area contributed by atoms with E-state index in [1.165, 1.54) is 0 Å². The van der Waals surface area contributed by atoms with Gasteiger partial charge in [-0.3, -0.25) is 0 Å². The van der Waals surface area contributed by atoms with Gasteiger partial charge in [0.2, 0.25) is 0 Å². The van der Waals surface area contributed by atoms with Crippen LogP contribution in [0.5, 0.6) is 0 Å². The summed E-state index contributed by atoms with van der Waals surface area (Å²) in [4.78, 5) is 50.7. The van der Waals surface area contributed by atoms with Gasteiger partial charge in [0.1, 0.15) is 29.6 Å². The summed E-state index contributed by atoms with van der Waals surface area (Å²) in [5.41, 5.74) is 0.889. The topological polar surface area (TPSA) is 132 Å². The number of amides is 1. The molecule has 46 heavy (non-hydrogen) atoms. The maximum Gasteiger partial charge on any atom is 0.408 e. The van der Waals surface area contributed by atoms with Crippen LogP contribution in [0.4, 0.5) is 4.79 Å². The lowest BCUT2D eigenvalue weighted by Crippen LogP contribution is -2.55. The number of hydrogen-bond donors (Lipinski definition) is 1. The number of hydrogen-bond acceptors (Lipinski definition) is 8. The number of nitriles is 1. The summed E-state index contributed by atoms with van der Waals surface area (Å²) >= 11 is 0. The highest BCUT2D eigenvalue weighted by molar-refractivity contribution is 5.92. The third-order valence-electron chi connectivity index (χ3n) is 6.68. The lowest BCUT2D eigenvalue weighted by molar-refractivity contribution is -0.152. The van der Waals surface area contributed by atoms with Crippen LogP contribution in [0.25, 0.3) is 11.1 Å². The van der Waals surface area contributed by atoms with Gasteiger partial charge in [-0.1, -0.05) is 42.5 Å². The number of nitrogens with zero attached hydrogens (tertiary/aromatic N) is 1. The summed E-state index contributed by atoms with van der Waals surface area (Å²) in [5.74, 6) is -1.29. The van der Waals surface area contributed by atoms with Gasteiger partial charge < -0.3 is 24.3 Å². The van der Waals surface area contributed by atoms with Crippen molar-refractivity contribution in [2.24, 2.45) is 0 Å². The Morgan fingerprint density at radius 2 is 1.50 bits per heavy atom. The smallest absolute Gasteiger partial charge is 0.408 e. The Balaban J connectivity index is 1.97. The summed E-state index contributed by atoms with van der Waals surface area (Å²) in [7, 11) is 0. The number of carbonyl (C=O) groups is 4. The van der Waals surface area contributed by atoms with Crippen LogP contribution in [0, 0.1) is 11.3 Å². The van der Waals surface area contributed by atoms with E-state index < -0.39 is 34.8 Å². The first kappa shape index (κ1) is 35.5. The number of rotatable bonds is 11. The van der Waals surface area contributed by atoms with E-state index in [0.29, 0.717) is 35.1 Å². The monoisotopic (exact) mass is 626 g/mol. The predicted molar refractivity (Wildman–Crippen MR) is 174 cm³/mol. The molecule has 1 N–H and O–H groups in total. The molecule has 0 spiro atoms. The van der Waals surface area contributed by atoms with Gasteiger partial charge in [0.15, 0.2) is 0 Å². The molecule has 9 nitrogen and oxygen atoms in total. The molecule has 0 aliphatic rings. The standard InChI is InChI=1S/C37H42N2O7/c1-35(2,3)45-32(41)30-20-27(19-29(21-30)31-16-9-8-15-28(31)23-38)24-44-33(42)37(7,39-34(43)46-36(4,5)6)22-26-13-10-12-25(18-26)14-11-17-40/h8-10,12-13,15-21H,11,14,22,24H2,1-7H3,(H,39,43). The Labute approximate surface area is 270 Å². The second-order valence-corrected chi connectivity index (χ2v) is 13.3. The summed E-state index contributed by atoms with van der Waals surface area (Å²) in [6.45, 7) is 11.8. The average molecular weight is 627 g/mol. The second-order valence-electron chi connectivity index (χ2n) is 13.3. The van der Waals surface area contributed by atoms with Crippen molar-refractivity contribution in [1.29, 1.82) is 5.26 Å². The van der Waals surface area contributed by atoms with Gasteiger partial charge in [-0.25, -0.2) is 14.4 Å². The first-order chi connectivity index (χ1) is 21.5. The molecule has 0 heterocycles. The fourth-order valence-electron chi connectivity index (χ4n) is 4.75. The van der Waals surface area contributed by atoms with E-state index in [1.54, 1.807) is 90.9 Å². The van der Waals surface area contributed by atoms with E-state index >= 15 is 0 Å². The molecular formula is C37H42N2O7. The van der Waals surface area contributed by atoms with Gasteiger partial charge in [0.25, 0.3) is 0 Å². The molecule has 1 amide bonds. The highest BCUT2D eigenvalue weighted by Gasteiger charge is 2.38. The van der Waals surface area contributed by atoms with Crippen molar-refractivity contribution in [1.82, 2.24) is 5.32 Å². The van der Waals surface area contributed by atoms with E-state index in [-0.39, 0.29) is 18.6 Å². The summed E-state index contributed by atoms with van der Waals surface area (Å²) < 4.78 is 16.9. The summed E-state index contributed by atoms with van der Waals surface area (Å²) in [6.07, 6.45) is 1.05. The molecule has 0 radical (unpaired) electrons. The summed E-state index contributed by atoms with van der Waals surface area (Å²) in [5, 5.41) is 12.4. The largest absolute Gasteiger partial charge is 0.459 e. The molecule has 9 heteroatoms. The van der Waals surface area contributed by atoms with E-state index in [2.05, 4.69) is 11.4 Å². The predicted octanol–water partition coefficient (Wildman–Crippen LogP) is 6.88. The van der Waals surface area contributed by atoms with Crippen molar-refractivity contribution in [3.8, 4) is 17.2 Å². The molecule has 0 aromatic heterocycles. The number of alkyl carbamates (subject to hydrolysis) is 1. The van der Waals surface area contributed by atoms with E-state index in [0.717, 1.165) is 17.4 Å². The normalized spacial score (nSPS) is 12.7. The lowest BCUT2D eigenvalue weighted by Gasteiger charge is -2.30. The second kappa shape index (κ2) is 14.9. The number of nitrogens with one attached hydrogen (secondary N) is 1. The van der Waals surface area contributed by atoms with Crippen LogP contribution >= 0.6 is 0 Å². The molecule has 242 valence electrons. The molecule has 0 saturated heterocycles. The first-order valence-electron chi connectivity index (χ1n) is 15.1. The van der Waals surface area contributed by atoms with Gasteiger partial charge in [-0.15, -0.1) is 0 Å². The van der Waals surface area contributed by atoms with Crippen molar-refractivity contribution in [2.75, 3.05) is 0 Å². The van der Waals surface area contributed by atoms with Gasteiger partial charge in [0, 0.05) is 12.8 Å². The van der Waals surface area contributed by atoms with Crippen molar-refractivity contribution >= 4 is 24.3 Å². The Kier molecular flexibility index (Phi) is 11.5. The number of esters is 2. The SMILES string of the molecule is CC(C)(C)OC(=O)NC(C)(Cc1cccc(CCC=O)c1)C(=O)OCc1cc(C(=O)OC(C)(C)C)cc(-c2ccccc2C#N)c1. The molecule has 3 aromatic carbocycles.